The van der Waals surface area contributed by atoms with Gasteiger partial charge in [0.05, 0.1) is 16.4 Å². The Morgan fingerprint density at radius 3 is 3.04 bits per heavy atom. The van der Waals surface area contributed by atoms with E-state index in [1.165, 1.54) is 5.56 Å². The number of nitrogens with one attached hydrogen (secondary N) is 1. The van der Waals surface area contributed by atoms with Crippen molar-refractivity contribution in [2.24, 2.45) is 16.8 Å². The Hall–Kier alpha value is -1.81. The molecule has 0 aromatic heterocycles. The summed E-state index contributed by atoms with van der Waals surface area (Å²) in [5.41, 5.74) is 3.55. The van der Waals surface area contributed by atoms with Crippen molar-refractivity contribution in [2.45, 2.75) is 31.1 Å². The highest BCUT2D eigenvalue weighted by Gasteiger charge is 2.54. The summed E-state index contributed by atoms with van der Waals surface area (Å²) in [4.78, 5) is 17.4. The number of nitrogens with zero attached hydrogens (tertiary/aromatic N) is 1. The number of carbonyl (C=O) groups is 1. The molecule has 0 saturated carbocycles. The molecule has 0 radical (unpaired) electrons. The Morgan fingerprint density at radius 1 is 1.38 bits per heavy atom. The first-order valence-corrected chi connectivity index (χ1v) is 9.55. The minimum atomic E-state index is 0.0232. The molecule has 4 heteroatoms. The van der Waals surface area contributed by atoms with E-state index in [9.17, 15) is 4.79 Å². The number of rotatable bonds is 3. The number of hydrogen-bond acceptors (Lipinski definition) is 3. The van der Waals surface area contributed by atoms with Crippen LogP contribution < -0.4 is 5.32 Å². The molecule has 1 spiro atoms. The van der Waals surface area contributed by atoms with Crippen LogP contribution in [0.25, 0.3) is 0 Å². The molecule has 1 aliphatic carbocycles. The van der Waals surface area contributed by atoms with Crippen molar-refractivity contribution >= 4 is 23.9 Å². The number of aliphatic imine (C=N–C) groups is 1. The van der Waals surface area contributed by atoms with Crippen molar-refractivity contribution in [1.29, 1.82) is 0 Å². The van der Waals surface area contributed by atoms with Gasteiger partial charge in [-0.3, -0.25) is 9.79 Å². The van der Waals surface area contributed by atoms with Crippen molar-refractivity contribution in [3.63, 3.8) is 0 Å². The zero-order valence-corrected chi connectivity index (χ0v) is 14.7. The third kappa shape index (κ3) is 2.63. The summed E-state index contributed by atoms with van der Waals surface area (Å²) in [7, 11) is 0. The van der Waals surface area contributed by atoms with Crippen molar-refractivity contribution in [2.75, 3.05) is 5.75 Å². The number of aryl methyl sites for hydroxylation is 1. The van der Waals surface area contributed by atoms with E-state index in [-0.39, 0.29) is 16.6 Å². The molecule has 3 aliphatic rings. The van der Waals surface area contributed by atoms with Gasteiger partial charge in [-0.2, -0.15) is 0 Å². The fourth-order valence-electron chi connectivity index (χ4n) is 3.96. The van der Waals surface area contributed by atoms with Gasteiger partial charge in [-0.15, -0.1) is 11.8 Å². The van der Waals surface area contributed by atoms with Crippen LogP contribution in [-0.4, -0.2) is 22.6 Å². The Morgan fingerprint density at radius 2 is 2.21 bits per heavy atom. The van der Waals surface area contributed by atoms with Gasteiger partial charge < -0.3 is 5.32 Å². The molecule has 1 fully saturated rings. The van der Waals surface area contributed by atoms with Crippen molar-refractivity contribution in [1.82, 2.24) is 5.32 Å². The number of thioether (sulfide) groups is 1. The first-order valence-electron chi connectivity index (χ1n) is 8.56. The Bertz CT molecular complexity index is 735. The van der Waals surface area contributed by atoms with Crippen LogP contribution in [0.4, 0.5) is 0 Å². The van der Waals surface area contributed by atoms with E-state index in [4.69, 9.17) is 0 Å². The molecule has 24 heavy (non-hydrogen) atoms. The number of benzene rings is 1. The lowest BCUT2D eigenvalue weighted by molar-refractivity contribution is -0.126. The fourth-order valence-corrected chi connectivity index (χ4v) is 5.78. The first-order chi connectivity index (χ1) is 11.7. The monoisotopic (exact) mass is 338 g/mol. The van der Waals surface area contributed by atoms with Gasteiger partial charge in [0, 0.05) is 18.5 Å². The zero-order chi connectivity index (χ0) is 16.6. The summed E-state index contributed by atoms with van der Waals surface area (Å²) in [6.07, 6.45) is 10.3. The zero-order valence-electron chi connectivity index (χ0n) is 13.9. The molecule has 1 aromatic carbocycles. The predicted octanol–water partition coefficient (Wildman–Crippen LogP) is 3.65. The average molecular weight is 338 g/mol. The lowest BCUT2D eigenvalue weighted by Gasteiger charge is -2.39. The maximum Gasteiger partial charge on any atom is 0.224 e. The van der Waals surface area contributed by atoms with E-state index >= 15 is 0 Å². The quantitative estimate of drug-likeness (QED) is 0.914. The van der Waals surface area contributed by atoms with Gasteiger partial charge in [-0.1, -0.05) is 42.0 Å². The summed E-state index contributed by atoms with van der Waals surface area (Å²) in [6, 6.07) is 8.34. The molecule has 3 nitrogen and oxygen atoms in total. The third-order valence-corrected chi connectivity index (χ3v) is 7.08. The second-order valence-electron chi connectivity index (χ2n) is 6.85. The highest BCUT2D eigenvalue weighted by Crippen LogP contribution is 2.56. The molecule has 1 N–H and O–H groups in total. The molecular formula is C20H22N2OS. The summed E-state index contributed by atoms with van der Waals surface area (Å²) in [5, 5.41) is 3.15. The topological polar surface area (TPSA) is 41.5 Å². The molecule has 1 aromatic rings. The maximum absolute atomic E-state index is 12.8. The van der Waals surface area contributed by atoms with Gasteiger partial charge >= 0.3 is 0 Å². The van der Waals surface area contributed by atoms with Crippen LogP contribution >= 0.6 is 11.8 Å². The highest BCUT2D eigenvalue weighted by atomic mass is 32.2. The van der Waals surface area contributed by atoms with Crippen molar-refractivity contribution < 1.29 is 4.79 Å². The molecule has 0 bridgehead atoms. The van der Waals surface area contributed by atoms with Gasteiger partial charge in [0.2, 0.25) is 5.91 Å². The first kappa shape index (κ1) is 15.7. The Labute approximate surface area is 147 Å². The normalized spacial score (nSPS) is 30.5. The van der Waals surface area contributed by atoms with E-state index < -0.39 is 0 Å². The maximum atomic E-state index is 12.8. The van der Waals surface area contributed by atoms with Crippen LogP contribution in [0.15, 0.2) is 53.2 Å². The minimum absolute atomic E-state index is 0.0232. The van der Waals surface area contributed by atoms with E-state index in [2.05, 4.69) is 59.7 Å². The molecule has 3 atom stereocenters. The molecule has 2 aliphatic heterocycles. The number of amides is 1. The molecule has 1 saturated heterocycles. The standard InChI is InChI=1S/C20H22N2OS/c1-14-5-7-15(8-6-14)12-22-19(23)16-13-24-20-10-3-2-4-18(20)21-11-9-17(16)20/h2-8,11,16-17H,9-10,12-13H2,1H3,(H,22,23). The summed E-state index contributed by atoms with van der Waals surface area (Å²) in [6.45, 7) is 2.68. The molecule has 124 valence electrons. The summed E-state index contributed by atoms with van der Waals surface area (Å²) < 4.78 is 0.0232. The molecule has 3 unspecified atom stereocenters. The molecular weight excluding hydrogens is 316 g/mol. The number of allylic oxidation sites excluding steroid dienone is 3. The minimum Gasteiger partial charge on any atom is -0.352 e. The van der Waals surface area contributed by atoms with Crippen LogP contribution in [0.5, 0.6) is 0 Å². The highest BCUT2D eigenvalue weighted by molar-refractivity contribution is 8.01. The second kappa shape index (κ2) is 6.25. The van der Waals surface area contributed by atoms with Gasteiger partial charge in [-0.05, 0) is 37.3 Å². The van der Waals surface area contributed by atoms with Gasteiger partial charge in [0.15, 0.2) is 0 Å². The average Bonchev–Trinajstić information content (AvgIpc) is 2.99. The largest absolute Gasteiger partial charge is 0.352 e. The number of hydrogen-bond donors (Lipinski definition) is 1. The van der Waals surface area contributed by atoms with Crippen LogP contribution in [0.3, 0.4) is 0 Å². The van der Waals surface area contributed by atoms with E-state index in [0.717, 1.165) is 29.9 Å². The SMILES string of the molecule is Cc1ccc(CNC(=O)C2CSC34CC=CC=C3N=CCC24)cc1. The summed E-state index contributed by atoms with van der Waals surface area (Å²) >= 11 is 1.92. The fraction of sp³-hybridized carbons (Fsp3) is 0.400. The van der Waals surface area contributed by atoms with Crippen LogP contribution in [0, 0.1) is 18.8 Å². The van der Waals surface area contributed by atoms with Crippen molar-refractivity contribution in [3.05, 3.63) is 59.3 Å². The van der Waals surface area contributed by atoms with Gasteiger partial charge in [0.1, 0.15) is 0 Å². The summed E-state index contributed by atoms with van der Waals surface area (Å²) in [5.74, 6) is 1.50. The second-order valence-corrected chi connectivity index (χ2v) is 8.20. The van der Waals surface area contributed by atoms with E-state index in [1.54, 1.807) is 0 Å². The van der Waals surface area contributed by atoms with Crippen molar-refractivity contribution in [3.8, 4) is 0 Å². The lowest BCUT2D eigenvalue weighted by atomic mass is 9.73. The smallest absolute Gasteiger partial charge is 0.224 e. The third-order valence-electron chi connectivity index (χ3n) is 5.36. The van der Waals surface area contributed by atoms with E-state index in [1.807, 2.05) is 18.0 Å². The molecule has 2 heterocycles. The van der Waals surface area contributed by atoms with E-state index in [0.29, 0.717) is 12.5 Å². The Balaban J connectivity index is 1.46. The van der Waals surface area contributed by atoms with Crippen LogP contribution in [0.2, 0.25) is 0 Å². The van der Waals surface area contributed by atoms with Gasteiger partial charge in [-0.25, -0.2) is 0 Å². The van der Waals surface area contributed by atoms with Crippen LogP contribution in [0.1, 0.15) is 24.0 Å². The molecule has 4 rings (SSSR count). The lowest BCUT2D eigenvalue weighted by Crippen LogP contribution is -2.43. The number of carbonyl (C=O) groups excluding carboxylic acids is 1. The predicted molar refractivity (Wildman–Crippen MR) is 100 cm³/mol. The van der Waals surface area contributed by atoms with Crippen LogP contribution in [-0.2, 0) is 11.3 Å². The molecule has 1 amide bonds. The Kier molecular flexibility index (Phi) is 4.09. The van der Waals surface area contributed by atoms with Gasteiger partial charge in [0.25, 0.3) is 0 Å².